The van der Waals surface area contributed by atoms with Crippen LogP contribution in [0.2, 0.25) is 0 Å². The van der Waals surface area contributed by atoms with E-state index < -0.39 is 17.8 Å². The van der Waals surface area contributed by atoms with E-state index in [0.29, 0.717) is 11.7 Å². The maximum atomic E-state index is 11.0. The fourth-order valence-corrected chi connectivity index (χ4v) is 0.971. The molecule has 0 atom stereocenters. The Balaban J connectivity index is 0.00000106. The summed E-state index contributed by atoms with van der Waals surface area (Å²) < 4.78 is 4.75. The highest BCUT2D eigenvalue weighted by Gasteiger charge is 2.32. The molecule has 6 heteroatoms. The smallest absolute Gasteiger partial charge is 0.358 e. The second-order valence-electron chi connectivity index (χ2n) is 2.68. The number of ether oxygens (including phenoxy) is 1. The summed E-state index contributed by atoms with van der Waals surface area (Å²) in [5.74, 6) is -1.71. The van der Waals surface area contributed by atoms with Gasteiger partial charge in [0.2, 0.25) is 0 Å². The molecular weight excluding hydrogens is 214 g/mol. The molecule has 1 heterocycles. The van der Waals surface area contributed by atoms with Crippen LogP contribution in [0.3, 0.4) is 0 Å². The molecule has 0 aromatic rings. The normalized spacial score (nSPS) is 14.4. The molecule has 1 fully saturated rings. The lowest BCUT2D eigenvalue weighted by Crippen LogP contribution is -2.33. The summed E-state index contributed by atoms with van der Waals surface area (Å²) in [5, 5.41) is 0.501. The molecule has 0 aliphatic carbocycles. The van der Waals surface area contributed by atoms with Crippen LogP contribution in [0.5, 0.6) is 0 Å². The standard InChI is InChI=1S/C8H11NO5.C2H4/c1-2-13-5-8(12)14-9-6(10)3-4-7(9)11;1-2/h2-5H2,1H3;1-2H2. The number of imide groups is 1. The van der Waals surface area contributed by atoms with E-state index in [1.165, 1.54) is 0 Å². The number of nitrogens with zero attached hydrogens (tertiary/aromatic N) is 1. The van der Waals surface area contributed by atoms with Gasteiger partial charge in [-0.15, -0.1) is 18.2 Å². The first-order valence-electron chi connectivity index (χ1n) is 4.79. The molecule has 0 unspecified atom stereocenters. The topological polar surface area (TPSA) is 72.9 Å². The van der Waals surface area contributed by atoms with Gasteiger partial charge in [-0.3, -0.25) is 9.59 Å². The first kappa shape index (κ1) is 14.3. The molecular formula is C10H15NO5. The first-order chi connectivity index (χ1) is 7.65. The summed E-state index contributed by atoms with van der Waals surface area (Å²) in [5.41, 5.74) is 0. The molecule has 16 heavy (non-hydrogen) atoms. The molecule has 0 aromatic carbocycles. The number of amides is 2. The van der Waals surface area contributed by atoms with Crippen molar-refractivity contribution in [2.24, 2.45) is 0 Å². The summed E-state index contributed by atoms with van der Waals surface area (Å²) >= 11 is 0. The lowest BCUT2D eigenvalue weighted by molar-refractivity contribution is -0.200. The molecule has 0 spiro atoms. The van der Waals surface area contributed by atoms with Gasteiger partial charge in [-0.1, -0.05) is 0 Å². The van der Waals surface area contributed by atoms with Crippen molar-refractivity contribution in [3.8, 4) is 0 Å². The third kappa shape index (κ3) is 4.22. The monoisotopic (exact) mass is 229 g/mol. The predicted molar refractivity (Wildman–Crippen MR) is 54.9 cm³/mol. The van der Waals surface area contributed by atoms with Crippen LogP contribution in [0, 0.1) is 0 Å². The van der Waals surface area contributed by atoms with Crippen molar-refractivity contribution in [2.75, 3.05) is 13.2 Å². The van der Waals surface area contributed by atoms with E-state index in [-0.39, 0.29) is 19.4 Å². The third-order valence-corrected chi connectivity index (χ3v) is 1.62. The van der Waals surface area contributed by atoms with Crippen molar-refractivity contribution in [3.63, 3.8) is 0 Å². The van der Waals surface area contributed by atoms with E-state index in [1.54, 1.807) is 6.92 Å². The van der Waals surface area contributed by atoms with Crippen molar-refractivity contribution >= 4 is 17.8 Å². The largest absolute Gasteiger partial charge is 0.370 e. The van der Waals surface area contributed by atoms with E-state index in [4.69, 9.17) is 4.74 Å². The van der Waals surface area contributed by atoms with Crippen molar-refractivity contribution in [1.29, 1.82) is 0 Å². The molecule has 0 N–H and O–H groups in total. The highest BCUT2D eigenvalue weighted by Crippen LogP contribution is 2.11. The van der Waals surface area contributed by atoms with Gasteiger partial charge in [0.25, 0.3) is 11.8 Å². The number of hydrogen-bond acceptors (Lipinski definition) is 5. The van der Waals surface area contributed by atoms with Gasteiger partial charge in [0, 0.05) is 19.4 Å². The Bertz CT molecular complexity index is 260. The van der Waals surface area contributed by atoms with Crippen LogP contribution in [-0.4, -0.2) is 36.1 Å². The molecule has 0 aromatic heterocycles. The zero-order chi connectivity index (χ0) is 12.6. The summed E-state index contributed by atoms with van der Waals surface area (Å²) in [6.45, 7) is 7.84. The Hall–Kier alpha value is -1.69. The van der Waals surface area contributed by atoms with Crippen molar-refractivity contribution < 1.29 is 24.0 Å². The number of carbonyl (C=O) groups excluding carboxylic acids is 3. The molecule has 1 aliphatic rings. The summed E-state index contributed by atoms with van der Waals surface area (Å²) in [6, 6.07) is 0. The Labute approximate surface area is 93.8 Å². The van der Waals surface area contributed by atoms with Gasteiger partial charge in [0.05, 0.1) is 0 Å². The Morgan fingerprint density at radius 2 is 1.81 bits per heavy atom. The maximum Gasteiger partial charge on any atom is 0.358 e. The SMILES string of the molecule is C=C.CCOCC(=O)ON1C(=O)CCC1=O. The second kappa shape index (κ2) is 7.58. The van der Waals surface area contributed by atoms with E-state index in [2.05, 4.69) is 18.0 Å². The Morgan fingerprint density at radius 3 is 2.25 bits per heavy atom. The highest BCUT2D eigenvalue weighted by molar-refractivity contribution is 6.01. The van der Waals surface area contributed by atoms with Crippen molar-refractivity contribution in [1.82, 2.24) is 5.06 Å². The van der Waals surface area contributed by atoms with Gasteiger partial charge in [-0.25, -0.2) is 4.79 Å². The van der Waals surface area contributed by atoms with Gasteiger partial charge >= 0.3 is 5.97 Å². The van der Waals surface area contributed by atoms with Crippen LogP contribution < -0.4 is 0 Å². The van der Waals surface area contributed by atoms with Gasteiger partial charge < -0.3 is 9.57 Å². The fourth-order valence-electron chi connectivity index (χ4n) is 0.971. The fraction of sp³-hybridized carbons (Fsp3) is 0.500. The minimum absolute atomic E-state index is 0.0980. The molecule has 0 bridgehead atoms. The number of carbonyl (C=O) groups is 3. The molecule has 2 amide bonds. The maximum absolute atomic E-state index is 11.0. The zero-order valence-corrected chi connectivity index (χ0v) is 9.23. The summed E-state index contributed by atoms with van der Waals surface area (Å²) in [7, 11) is 0. The van der Waals surface area contributed by atoms with E-state index in [0.717, 1.165) is 0 Å². The zero-order valence-electron chi connectivity index (χ0n) is 9.23. The third-order valence-electron chi connectivity index (χ3n) is 1.62. The van der Waals surface area contributed by atoms with Crippen LogP contribution in [0.4, 0.5) is 0 Å². The van der Waals surface area contributed by atoms with E-state index in [9.17, 15) is 14.4 Å². The van der Waals surface area contributed by atoms with Gasteiger partial charge in [0.1, 0.15) is 6.61 Å². The number of hydrogen-bond donors (Lipinski definition) is 0. The molecule has 1 saturated heterocycles. The minimum Gasteiger partial charge on any atom is -0.370 e. The molecule has 6 nitrogen and oxygen atoms in total. The Kier molecular flexibility index (Phi) is 6.78. The second-order valence-corrected chi connectivity index (χ2v) is 2.68. The van der Waals surface area contributed by atoms with Gasteiger partial charge in [-0.2, -0.15) is 0 Å². The van der Waals surface area contributed by atoms with Crippen molar-refractivity contribution in [3.05, 3.63) is 13.2 Å². The average Bonchev–Trinajstić information content (AvgIpc) is 2.61. The van der Waals surface area contributed by atoms with E-state index >= 15 is 0 Å². The van der Waals surface area contributed by atoms with Crippen LogP contribution in [0.25, 0.3) is 0 Å². The number of hydroxylamine groups is 2. The predicted octanol–water partition coefficient (Wildman–Crippen LogP) is 0.432. The lowest BCUT2D eigenvalue weighted by atomic mass is 10.4. The van der Waals surface area contributed by atoms with Crippen molar-refractivity contribution in [2.45, 2.75) is 19.8 Å². The Morgan fingerprint density at radius 1 is 1.31 bits per heavy atom. The van der Waals surface area contributed by atoms with E-state index in [1.807, 2.05) is 0 Å². The lowest BCUT2D eigenvalue weighted by Gasteiger charge is -2.11. The molecule has 0 radical (unpaired) electrons. The van der Waals surface area contributed by atoms with Crippen LogP contribution in [0.1, 0.15) is 19.8 Å². The average molecular weight is 229 g/mol. The van der Waals surface area contributed by atoms with Crippen LogP contribution in [0.15, 0.2) is 13.2 Å². The minimum atomic E-state index is -0.740. The van der Waals surface area contributed by atoms with Crippen LogP contribution in [-0.2, 0) is 24.0 Å². The molecule has 0 saturated carbocycles. The summed E-state index contributed by atoms with van der Waals surface area (Å²) in [6.07, 6.45) is 0.196. The highest BCUT2D eigenvalue weighted by atomic mass is 16.7. The quantitative estimate of drug-likeness (QED) is 0.516. The first-order valence-corrected chi connectivity index (χ1v) is 4.79. The van der Waals surface area contributed by atoms with Gasteiger partial charge in [0.15, 0.2) is 0 Å². The van der Waals surface area contributed by atoms with Gasteiger partial charge in [-0.05, 0) is 6.92 Å². The molecule has 1 aliphatic heterocycles. The van der Waals surface area contributed by atoms with Crippen LogP contribution >= 0.6 is 0 Å². The number of rotatable bonds is 4. The summed E-state index contributed by atoms with van der Waals surface area (Å²) in [4.78, 5) is 37.4. The molecule has 90 valence electrons. The molecule has 1 rings (SSSR count).